The van der Waals surface area contributed by atoms with Crippen LogP contribution >= 0.6 is 0 Å². The number of aryl methyl sites for hydroxylation is 1. The molecule has 2 nitrogen and oxygen atoms in total. The molecule has 0 saturated carbocycles. The van der Waals surface area contributed by atoms with E-state index in [1.807, 2.05) is 12.3 Å². The third-order valence-electron chi connectivity index (χ3n) is 2.91. The van der Waals surface area contributed by atoms with Crippen molar-refractivity contribution in [3.63, 3.8) is 0 Å². The molecule has 1 N–H and O–H groups in total. The fourth-order valence-corrected chi connectivity index (χ4v) is 1.66. The first kappa shape index (κ1) is 13.2. The minimum atomic E-state index is 0.573. The molecule has 1 atom stereocenters. The van der Waals surface area contributed by atoms with Crippen molar-refractivity contribution in [3.05, 3.63) is 29.6 Å². The largest absolute Gasteiger partial charge is 0.309 e. The third-order valence-corrected chi connectivity index (χ3v) is 2.91. The smallest absolute Gasteiger partial charge is 0.0570 e. The van der Waals surface area contributed by atoms with Crippen molar-refractivity contribution in [1.82, 2.24) is 10.3 Å². The molecule has 1 unspecified atom stereocenters. The molecule has 1 aromatic heterocycles. The highest BCUT2D eigenvalue weighted by Crippen LogP contribution is 2.08. The van der Waals surface area contributed by atoms with Crippen molar-refractivity contribution in [3.8, 4) is 0 Å². The van der Waals surface area contributed by atoms with Gasteiger partial charge in [-0.3, -0.25) is 4.98 Å². The summed E-state index contributed by atoms with van der Waals surface area (Å²) in [6.07, 6.45) is 4.39. The highest BCUT2D eigenvalue weighted by Gasteiger charge is 2.04. The number of hydrogen-bond donors (Lipinski definition) is 1. The van der Waals surface area contributed by atoms with Gasteiger partial charge in [0.15, 0.2) is 0 Å². The molecule has 0 spiro atoms. The molecule has 0 aliphatic rings. The van der Waals surface area contributed by atoms with E-state index in [0.29, 0.717) is 6.04 Å². The Labute approximate surface area is 99.5 Å². The highest BCUT2D eigenvalue weighted by molar-refractivity contribution is 5.17. The molecule has 2 heteroatoms. The zero-order chi connectivity index (χ0) is 12.0. The van der Waals surface area contributed by atoms with Gasteiger partial charge in [-0.25, -0.2) is 0 Å². The van der Waals surface area contributed by atoms with E-state index in [9.17, 15) is 0 Å². The van der Waals surface area contributed by atoms with Crippen LogP contribution in [0, 0.1) is 12.8 Å². The lowest BCUT2D eigenvalue weighted by Gasteiger charge is -2.15. The topological polar surface area (TPSA) is 24.9 Å². The van der Waals surface area contributed by atoms with Crippen LogP contribution in [0.15, 0.2) is 18.3 Å². The normalized spacial score (nSPS) is 13.1. The van der Waals surface area contributed by atoms with Gasteiger partial charge in [-0.05, 0) is 44.2 Å². The zero-order valence-electron chi connectivity index (χ0n) is 11.0. The standard InChI is InChI=1S/C14H24N2/c1-11(2)7-8-13(4)16-10-14-12(3)6-5-9-15-14/h5-6,9,11,13,16H,7-8,10H2,1-4H3. The Bertz CT molecular complexity index is 307. The van der Waals surface area contributed by atoms with E-state index >= 15 is 0 Å². The second kappa shape index (κ2) is 6.64. The molecule has 0 fully saturated rings. The molecule has 0 radical (unpaired) electrons. The number of aromatic nitrogens is 1. The second-order valence-corrected chi connectivity index (χ2v) is 5.02. The van der Waals surface area contributed by atoms with Crippen LogP contribution in [0.2, 0.25) is 0 Å². The molecule has 16 heavy (non-hydrogen) atoms. The maximum Gasteiger partial charge on any atom is 0.0570 e. The SMILES string of the molecule is Cc1cccnc1CNC(C)CCC(C)C. The molecule has 0 amide bonds. The van der Waals surface area contributed by atoms with E-state index < -0.39 is 0 Å². The summed E-state index contributed by atoms with van der Waals surface area (Å²) in [7, 11) is 0. The summed E-state index contributed by atoms with van der Waals surface area (Å²) in [4.78, 5) is 4.38. The van der Waals surface area contributed by atoms with Gasteiger partial charge in [0.05, 0.1) is 5.69 Å². The van der Waals surface area contributed by atoms with E-state index in [-0.39, 0.29) is 0 Å². The highest BCUT2D eigenvalue weighted by atomic mass is 14.9. The van der Waals surface area contributed by atoms with Gasteiger partial charge in [0.2, 0.25) is 0 Å². The van der Waals surface area contributed by atoms with Crippen molar-refractivity contribution in [2.75, 3.05) is 0 Å². The summed E-state index contributed by atoms with van der Waals surface area (Å²) in [6.45, 7) is 9.79. The van der Waals surface area contributed by atoms with Gasteiger partial charge in [-0.15, -0.1) is 0 Å². The lowest BCUT2D eigenvalue weighted by atomic mass is 10.0. The van der Waals surface area contributed by atoms with E-state index in [4.69, 9.17) is 0 Å². The molecule has 0 aliphatic carbocycles. The molecule has 0 bridgehead atoms. The first-order chi connectivity index (χ1) is 7.59. The zero-order valence-corrected chi connectivity index (χ0v) is 11.0. The Balaban J connectivity index is 2.31. The maximum atomic E-state index is 4.38. The molecular weight excluding hydrogens is 196 g/mol. The Morgan fingerprint density at radius 1 is 1.25 bits per heavy atom. The van der Waals surface area contributed by atoms with Crippen LogP contribution in [0.5, 0.6) is 0 Å². The molecule has 1 aromatic rings. The van der Waals surface area contributed by atoms with Crippen LogP contribution in [-0.2, 0) is 6.54 Å². The number of nitrogens with zero attached hydrogens (tertiary/aromatic N) is 1. The predicted molar refractivity (Wildman–Crippen MR) is 69.3 cm³/mol. The third kappa shape index (κ3) is 4.75. The second-order valence-electron chi connectivity index (χ2n) is 5.02. The van der Waals surface area contributed by atoms with Crippen molar-refractivity contribution < 1.29 is 0 Å². The van der Waals surface area contributed by atoms with Crippen LogP contribution in [0.25, 0.3) is 0 Å². The van der Waals surface area contributed by atoms with E-state index in [1.54, 1.807) is 0 Å². The first-order valence-electron chi connectivity index (χ1n) is 6.23. The summed E-state index contributed by atoms with van der Waals surface area (Å²) < 4.78 is 0. The van der Waals surface area contributed by atoms with Crippen LogP contribution in [0.3, 0.4) is 0 Å². The average molecular weight is 220 g/mol. The van der Waals surface area contributed by atoms with Crippen molar-refractivity contribution in [1.29, 1.82) is 0 Å². The van der Waals surface area contributed by atoms with Gasteiger partial charge in [0, 0.05) is 18.8 Å². The molecule has 0 saturated heterocycles. The molecule has 90 valence electrons. The minimum Gasteiger partial charge on any atom is -0.309 e. The Morgan fingerprint density at radius 2 is 2.00 bits per heavy atom. The lowest BCUT2D eigenvalue weighted by Crippen LogP contribution is -2.26. The summed E-state index contributed by atoms with van der Waals surface area (Å²) in [5.74, 6) is 0.792. The number of pyridine rings is 1. The van der Waals surface area contributed by atoms with Crippen molar-refractivity contribution in [2.24, 2.45) is 5.92 Å². The van der Waals surface area contributed by atoms with Crippen LogP contribution in [0.4, 0.5) is 0 Å². The van der Waals surface area contributed by atoms with Crippen LogP contribution < -0.4 is 5.32 Å². The first-order valence-corrected chi connectivity index (χ1v) is 6.23. The van der Waals surface area contributed by atoms with Crippen LogP contribution in [0.1, 0.15) is 44.9 Å². The molecule has 1 heterocycles. The van der Waals surface area contributed by atoms with Gasteiger partial charge >= 0.3 is 0 Å². The number of nitrogens with one attached hydrogen (secondary N) is 1. The van der Waals surface area contributed by atoms with Gasteiger partial charge < -0.3 is 5.32 Å². The summed E-state index contributed by atoms with van der Waals surface area (Å²) in [5, 5.41) is 3.53. The van der Waals surface area contributed by atoms with Gasteiger partial charge in [0.25, 0.3) is 0 Å². The summed E-state index contributed by atoms with van der Waals surface area (Å²) in [5.41, 5.74) is 2.44. The summed E-state index contributed by atoms with van der Waals surface area (Å²) in [6, 6.07) is 4.67. The molecule has 0 aromatic carbocycles. The van der Waals surface area contributed by atoms with Crippen molar-refractivity contribution in [2.45, 2.75) is 53.1 Å². The Kier molecular flexibility index (Phi) is 5.47. The summed E-state index contributed by atoms with van der Waals surface area (Å²) >= 11 is 0. The molecule has 1 rings (SSSR count). The number of hydrogen-bond acceptors (Lipinski definition) is 2. The van der Waals surface area contributed by atoms with Gasteiger partial charge in [-0.1, -0.05) is 19.9 Å². The quantitative estimate of drug-likeness (QED) is 0.795. The maximum absolute atomic E-state index is 4.38. The minimum absolute atomic E-state index is 0.573. The van der Waals surface area contributed by atoms with Gasteiger partial charge in [0.1, 0.15) is 0 Å². The molecule has 0 aliphatic heterocycles. The van der Waals surface area contributed by atoms with E-state index in [0.717, 1.165) is 12.5 Å². The fourth-order valence-electron chi connectivity index (χ4n) is 1.66. The Morgan fingerprint density at radius 3 is 2.62 bits per heavy atom. The number of rotatable bonds is 6. The van der Waals surface area contributed by atoms with Crippen LogP contribution in [-0.4, -0.2) is 11.0 Å². The monoisotopic (exact) mass is 220 g/mol. The Hall–Kier alpha value is -0.890. The predicted octanol–water partition coefficient (Wildman–Crippen LogP) is 3.30. The van der Waals surface area contributed by atoms with E-state index in [2.05, 4.69) is 44.1 Å². The van der Waals surface area contributed by atoms with Crippen molar-refractivity contribution >= 4 is 0 Å². The van der Waals surface area contributed by atoms with Gasteiger partial charge in [-0.2, -0.15) is 0 Å². The lowest BCUT2D eigenvalue weighted by molar-refractivity contribution is 0.448. The molecular formula is C14H24N2. The average Bonchev–Trinajstić information content (AvgIpc) is 2.25. The fraction of sp³-hybridized carbons (Fsp3) is 0.643. The van der Waals surface area contributed by atoms with E-state index in [1.165, 1.54) is 24.1 Å².